The number of hydrogen-bond acceptors (Lipinski definition) is 3. The van der Waals surface area contributed by atoms with Crippen molar-refractivity contribution >= 4 is 5.91 Å². The third-order valence-corrected chi connectivity index (χ3v) is 2.94. The van der Waals surface area contributed by atoms with Crippen LogP contribution in [0.15, 0.2) is 18.5 Å². The van der Waals surface area contributed by atoms with Gasteiger partial charge in [-0.1, -0.05) is 0 Å². The minimum Gasteiger partial charge on any atom is -0.352 e. The first kappa shape index (κ1) is 11.1. The Morgan fingerprint density at radius 2 is 2.50 bits per heavy atom. The second-order valence-electron chi connectivity index (χ2n) is 4.24. The quantitative estimate of drug-likeness (QED) is 0.786. The number of hydrogen-bond donors (Lipinski definition) is 2. The van der Waals surface area contributed by atoms with Crippen LogP contribution in [0.4, 0.5) is 0 Å². The molecule has 4 nitrogen and oxygen atoms in total. The Labute approximate surface area is 95.5 Å². The summed E-state index contributed by atoms with van der Waals surface area (Å²) in [5, 5.41) is 6.29. The Hall–Kier alpha value is -1.42. The third kappa shape index (κ3) is 2.79. The average Bonchev–Trinajstić information content (AvgIpc) is 2.67. The molecule has 1 atom stereocenters. The summed E-state index contributed by atoms with van der Waals surface area (Å²) < 4.78 is 0. The lowest BCUT2D eigenvalue weighted by Crippen LogP contribution is -2.35. The Balaban J connectivity index is 1.76. The zero-order valence-electron chi connectivity index (χ0n) is 9.49. The molecule has 1 aromatic heterocycles. The van der Waals surface area contributed by atoms with E-state index in [-0.39, 0.29) is 5.91 Å². The molecule has 1 aliphatic heterocycles. The molecule has 1 saturated heterocycles. The van der Waals surface area contributed by atoms with Gasteiger partial charge in [0.25, 0.3) is 0 Å². The molecule has 16 heavy (non-hydrogen) atoms. The number of nitrogens with zero attached hydrogens (tertiary/aromatic N) is 1. The molecular formula is C12H17N3O. The summed E-state index contributed by atoms with van der Waals surface area (Å²) >= 11 is 0. The SMILES string of the molecule is Cc1ccncc1CNCC1CCC(=O)N1. The van der Waals surface area contributed by atoms with Gasteiger partial charge in [0.15, 0.2) is 0 Å². The lowest BCUT2D eigenvalue weighted by Gasteiger charge is -2.12. The second-order valence-corrected chi connectivity index (χ2v) is 4.24. The van der Waals surface area contributed by atoms with Crippen molar-refractivity contribution in [3.05, 3.63) is 29.6 Å². The highest BCUT2D eigenvalue weighted by Gasteiger charge is 2.19. The number of rotatable bonds is 4. The monoisotopic (exact) mass is 219 g/mol. The van der Waals surface area contributed by atoms with Crippen LogP contribution < -0.4 is 10.6 Å². The van der Waals surface area contributed by atoms with Crippen LogP contribution in [0, 0.1) is 6.92 Å². The molecule has 1 amide bonds. The first-order chi connectivity index (χ1) is 7.75. The first-order valence-corrected chi connectivity index (χ1v) is 5.65. The number of amides is 1. The van der Waals surface area contributed by atoms with Crippen LogP contribution >= 0.6 is 0 Å². The van der Waals surface area contributed by atoms with E-state index in [9.17, 15) is 4.79 Å². The maximum Gasteiger partial charge on any atom is 0.220 e. The van der Waals surface area contributed by atoms with Crippen LogP contribution in [0.2, 0.25) is 0 Å². The molecule has 0 aromatic carbocycles. The molecule has 0 saturated carbocycles. The molecule has 0 aliphatic carbocycles. The third-order valence-electron chi connectivity index (χ3n) is 2.94. The topological polar surface area (TPSA) is 54.0 Å². The summed E-state index contributed by atoms with van der Waals surface area (Å²) in [4.78, 5) is 15.1. The van der Waals surface area contributed by atoms with Gasteiger partial charge in [-0.15, -0.1) is 0 Å². The molecule has 2 rings (SSSR count). The standard InChI is InChI=1S/C12H17N3O/c1-9-4-5-13-6-10(9)7-14-8-11-2-3-12(16)15-11/h4-6,11,14H,2-3,7-8H2,1H3,(H,15,16). The summed E-state index contributed by atoms with van der Waals surface area (Å²) in [7, 11) is 0. The van der Waals surface area contributed by atoms with Gasteiger partial charge in [0, 0.05) is 37.9 Å². The molecule has 4 heteroatoms. The van der Waals surface area contributed by atoms with Gasteiger partial charge in [0.05, 0.1) is 0 Å². The lowest BCUT2D eigenvalue weighted by molar-refractivity contribution is -0.119. The van der Waals surface area contributed by atoms with Gasteiger partial charge in [-0.25, -0.2) is 0 Å². The molecule has 2 N–H and O–H groups in total. The largest absolute Gasteiger partial charge is 0.352 e. The van der Waals surface area contributed by atoms with Crippen molar-refractivity contribution in [2.75, 3.05) is 6.54 Å². The van der Waals surface area contributed by atoms with Crippen molar-refractivity contribution < 1.29 is 4.79 Å². The van der Waals surface area contributed by atoms with Gasteiger partial charge < -0.3 is 10.6 Å². The molecular weight excluding hydrogens is 202 g/mol. The van der Waals surface area contributed by atoms with Gasteiger partial charge in [-0.3, -0.25) is 9.78 Å². The molecule has 1 unspecified atom stereocenters. The number of aryl methyl sites for hydroxylation is 1. The Morgan fingerprint density at radius 1 is 1.62 bits per heavy atom. The van der Waals surface area contributed by atoms with Gasteiger partial charge in [-0.2, -0.15) is 0 Å². The Bertz CT molecular complexity index is 378. The van der Waals surface area contributed by atoms with Gasteiger partial charge in [0.2, 0.25) is 5.91 Å². The van der Waals surface area contributed by atoms with E-state index >= 15 is 0 Å². The molecule has 2 heterocycles. The van der Waals surface area contributed by atoms with Crippen molar-refractivity contribution in [2.45, 2.75) is 32.4 Å². The number of nitrogens with one attached hydrogen (secondary N) is 2. The van der Waals surface area contributed by atoms with Crippen LogP contribution in [-0.2, 0) is 11.3 Å². The summed E-state index contributed by atoms with van der Waals surface area (Å²) in [6.45, 7) is 3.72. The molecule has 0 radical (unpaired) electrons. The Morgan fingerprint density at radius 3 is 3.19 bits per heavy atom. The Kier molecular flexibility index (Phi) is 3.51. The second kappa shape index (κ2) is 5.07. The van der Waals surface area contributed by atoms with Gasteiger partial charge in [-0.05, 0) is 30.5 Å². The van der Waals surface area contributed by atoms with Gasteiger partial charge >= 0.3 is 0 Å². The predicted octanol–water partition coefficient (Wildman–Crippen LogP) is 0.758. The molecule has 1 aromatic rings. The fourth-order valence-corrected chi connectivity index (χ4v) is 1.89. The molecule has 1 aliphatic rings. The van der Waals surface area contributed by atoms with Crippen LogP contribution in [0.5, 0.6) is 0 Å². The number of aromatic nitrogens is 1. The summed E-state index contributed by atoms with van der Waals surface area (Å²) in [6.07, 6.45) is 5.29. The van der Waals surface area contributed by atoms with Crippen molar-refractivity contribution in [2.24, 2.45) is 0 Å². The van der Waals surface area contributed by atoms with Crippen molar-refractivity contribution in [1.82, 2.24) is 15.6 Å². The minimum absolute atomic E-state index is 0.171. The number of carbonyl (C=O) groups is 1. The average molecular weight is 219 g/mol. The summed E-state index contributed by atoms with van der Waals surface area (Å²) in [5.41, 5.74) is 2.46. The van der Waals surface area contributed by atoms with E-state index in [4.69, 9.17) is 0 Å². The van der Waals surface area contributed by atoms with Crippen LogP contribution in [0.25, 0.3) is 0 Å². The first-order valence-electron chi connectivity index (χ1n) is 5.65. The van der Waals surface area contributed by atoms with Crippen molar-refractivity contribution in [1.29, 1.82) is 0 Å². The highest BCUT2D eigenvalue weighted by atomic mass is 16.1. The fraction of sp³-hybridized carbons (Fsp3) is 0.500. The molecule has 1 fully saturated rings. The van der Waals surface area contributed by atoms with E-state index in [1.54, 1.807) is 6.20 Å². The number of pyridine rings is 1. The van der Waals surface area contributed by atoms with E-state index in [0.717, 1.165) is 19.5 Å². The summed E-state index contributed by atoms with van der Waals surface area (Å²) in [6, 6.07) is 2.30. The molecule has 0 bridgehead atoms. The highest BCUT2D eigenvalue weighted by Crippen LogP contribution is 2.07. The normalized spacial score (nSPS) is 19.8. The summed E-state index contributed by atoms with van der Waals surface area (Å²) in [5.74, 6) is 0.171. The lowest BCUT2D eigenvalue weighted by atomic mass is 10.1. The van der Waals surface area contributed by atoms with E-state index in [2.05, 4.69) is 22.5 Å². The van der Waals surface area contributed by atoms with Crippen molar-refractivity contribution in [3.63, 3.8) is 0 Å². The molecule has 0 spiro atoms. The van der Waals surface area contributed by atoms with Gasteiger partial charge in [0.1, 0.15) is 0 Å². The van der Waals surface area contributed by atoms with Crippen LogP contribution in [0.1, 0.15) is 24.0 Å². The zero-order chi connectivity index (χ0) is 11.4. The maximum absolute atomic E-state index is 11.0. The number of carbonyl (C=O) groups excluding carboxylic acids is 1. The highest BCUT2D eigenvalue weighted by molar-refractivity contribution is 5.78. The van der Waals surface area contributed by atoms with Crippen LogP contribution in [-0.4, -0.2) is 23.5 Å². The van der Waals surface area contributed by atoms with Crippen LogP contribution in [0.3, 0.4) is 0 Å². The molecule has 86 valence electrons. The van der Waals surface area contributed by atoms with Crippen molar-refractivity contribution in [3.8, 4) is 0 Å². The fourth-order valence-electron chi connectivity index (χ4n) is 1.89. The zero-order valence-corrected chi connectivity index (χ0v) is 9.49. The predicted molar refractivity (Wildman–Crippen MR) is 61.8 cm³/mol. The smallest absolute Gasteiger partial charge is 0.220 e. The minimum atomic E-state index is 0.171. The van der Waals surface area contributed by atoms with E-state index in [0.29, 0.717) is 12.5 Å². The van der Waals surface area contributed by atoms with E-state index < -0.39 is 0 Å². The van der Waals surface area contributed by atoms with E-state index in [1.165, 1.54) is 11.1 Å². The van der Waals surface area contributed by atoms with E-state index in [1.807, 2.05) is 12.3 Å². The maximum atomic E-state index is 11.0.